The normalized spacial score (nSPS) is 12.1. The molecule has 20 heavy (non-hydrogen) atoms. The fraction of sp³-hybridized carbons (Fsp3) is 0.571. The van der Waals surface area contributed by atoms with E-state index in [2.05, 4.69) is 0 Å². The summed E-state index contributed by atoms with van der Waals surface area (Å²) < 4.78 is 27.1. The molecule has 0 fully saturated rings. The molecule has 0 aliphatic carbocycles. The van der Waals surface area contributed by atoms with Crippen LogP contribution in [0.5, 0.6) is 0 Å². The Bertz CT molecular complexity index is 553. The van der Waals surface area contributed by atoms with E-state index in [0.29, 0.717) is 23.7 Å². The van der Waals surface area contributed by atoms with Crippen molar-refractivity contribution in [1.82, 2.24) is 4.31 Å². The van der Waals surface area contributed by atoms with E-state index in [-0.39, 0.29) is 10.8 Å². The van der Waals surface area contributed by atoms with Gasteiger partial charge in [-0.05, 0) is 43.0 Å². The summed E-state index contributed by atoms with van der Waals surface area (Å²) in [6, 6.07) is 3.23. The lowest BCUT2D eigenvalue weighted by atomic mass is 10.1. The lowest BCUT2D eigenvalue weighted by Crippen LogP contribution is -2.33. The number of benzene rings is 1. The van der Waals surface area contributed by atoms with Gasteiger partial charge in [-0.3, -0.25) is 0 Å². The Kier molecular flexibility index (Phi) is 6.79. The van der Waals surface area contributed by atoms with E-state index < -0.39 is 10.0 Å². The van der Waals surface area contributed by atoms with Crippen LogP contribution in [0.2, 0.25) is 5.02 Å². The molecule has 0 saturated heterocycles. The van der Waals surface area contributed by atoms with Crippen molar-refractivity contribution >= 4 is 33.2 Å². The van der Waals surface area contributed by atoms with Crippen LogP contribution in [0.3, 0.4) is 0 Å². The molecule has 3 nitrogen and oxygen atoms in total. The molecule has 0 aromatic heterocycles. The van der Waals surface area contributed by atoms with Crippen molar-refractivity contribution in [2.75, 3.05) is 13.1 Å². The highest BCUT2D eigenvalue weighted by atomic mass is 35.5. The van der Waals surface area contributed by atoms with Gasteiger partial charge in [-0.2, -0.15) is 4.31 Å². The van der Waals surface area contributed by atoms with Crippen molar-refractivity contribution in [3.8, 4) is 0 Å². The van der Waals surface area contributed by atoms with Crippen LogP contribution >= 0.6 is 23.2 Å². The van der Waals surface area contributed by atoms with Gasteiger partial charge in [0, 0.05) is 24.0 Å². The minimum absolute atomic E-state index is 0.246. The molecule has 114 valence electrons. The summed E-state index contributed by atoms with van der Waals surface area (Å²) in [6.07, 6.45) is 1.56. The summed E-state index contributed by atoms with van der Waals surface area (Å²) in [5, 5.41) is 0.401. The van der Waals surface area contributed by atoms with Gasteiger partial charge in [0.2, 0.25) is 10.0 Å². The summed E-state index contributed by atoms with van der Waals surface area (Å²) in [5.74, 6) is 0.246. The number of hydrogen-bond donors (Lipinski definition) is 0. The number of nitrogens with zero attached hydrogens (tertiary/aromatic N) is 1. The van der Waals surface area contributed by atoms with E-state index in [0.717, 1.165) is 18.4 Å². The standard InChI is InChI=1S/C14H21Cl2NO2S/c1-4-6-17(7-5-2)20(18,19)14-9-13(16)8-12(10-15)11(14)3/h8-9H,4-7,10H2,1-3H3. The average Bonchev–Trinajstić information content (AvgIpc) is 2.40. The van der Waals surface area contributed by atoms with Gasteiger partial charge in [0.05, 0.1) is 4.90 Å². The Morgan fingerprint density at radius 2 is 1.70 bits per heavy atom. The maximum Gasteiger partial charge on any atom is 0.243 e. The lowest BCUT2D eigenvalue weighted by molar-refractivity contribution is 0.409. The average molecular weight is 338 g/mol. The minimum Gasteiger partial charge on any atom is -0.207 e. The summed E-state index contributed by atoms with van der Waals surface area (Å²) in [7, 11) is -3.52. The van der Waals surface area contributed by atoms with Crippen molar-refractivity contribution in [2.45, 2.75) is 44.4 Å². The van der Waals surface area contributed by atoms with Crippen LogP contribution < -0.4 is 0 Å². The van der Waals surface area contributed by atoms with Crippen molar-refractivity contribution < 1.29 is 8.42 Å². The van der Waals surface area contributed by atoms with Gasteiger partial charge < -0.3 is 0 Å². The van der Waals surface area contributed by atoms with Crippen LogP contribution in [0, 0.1) is 6.92 Å². The van der Waals surface area contributed by atoms with Gasteiger partial charge in [0.15, 0.2) is 0 Å². The van der Waals surface area contributed by atoms with E-state index in [4.69, 9.17) is 23.2 Å². The number of hydrogen-bond acceptors (Lipinski definition) is 2. The molecule has 0 radical (unpaired) electrons. The number of alkyl halides is 1. The molecule has 0 atom stereocenters. The van der Waals surface area contributed by atoms with Gasteiger partial charge in [-0.15, -0.1) is 11.6 Å². The zero-order valence-corrected chi connectivity index (χ0v) is 14.4. The van der Waals surface area contributed by atoms with Crippen LogP contribution in [-0.4, -0.2) is 25.8 Å². The maximum absolute atomic E-state index is 12.8. The van der Waals surface area contributed by atoms with Gasteiger partial charge in [-0.25, -0.2) is 8.42 Å². The highest BCUT2D eigenvalue weighted by Gasteiger charge is 2.26. The van der Waals surface area contributed by atoms with E-state index in [1.807, 2.05) is 13.8 Å². The second kappa shape index (κ2) is 7.64. The SMILES string of the molecule is CCCN(CCC)S(=O)(=O)c1cc(Cl)cc(CCl)c1C. The zero-order chi connectivity index (χ0) is 15.3. The van der Waals surface area contributed by atoms with Gasteiger partial charge in [0.1, 0.15) is 0 Å². The molecule has 0 unspecified atom stereocenters. The number of rotatable bonds is 7. The number of sulfonamides is 1. The Morgan fingerprint density at radius 3 is 2.15 bits per heavy atom. The molecule has 0 saturated carbocycles. The molecule has 0 aliphatic rings. The van der Waals surface area contributed by atoms with Crippen LogP contribution in [0.1, 0.15) is 37.8 Å². The molecule has 1 rings (SSSR count). The minimum atomic E-state index is -3.52. The predicted octanol–water partition coefficient (Wildman–Crippen LogP) is 4.20. The molecular formula is C14H21Cl2NO2S. The topological polar surface area (TPSA) is 37.4 Å². The first-order chi connectivity index (χ1) is 9.38. The third-order valence-electron chi connectivity index (χ3n) is 3.14. The van der Waals surface area contributed by atoms with Crippen LogP contribution in [0.15, 0.2) is 17.0 Å². The molecule has 0 bridgehead atoms. The van der Waals surface area contributed by atoms with Crippen molar-refractivity contribution in [2.24, 2.45) is 0 Å². The fourth-order valence-corrected chi connectivity index (χ4v) is 4.61. The molecule has 1 aromatic rings. The molecule has 1 aromatic carbocycles. The summed E-state index contributed by atoms with van der Waals surface area (Å²) >= 11 is 11.9. The smallest absolute Gasteiger partial charge is 0.207 e. The first-order valence-electron chi connectivity index (χ1n) is 6.73. The van der Waals surface area contributed by atoms with Crippen LogP contribution in [0.4, 0.5) is 0 Å². The summed E-state index contributed by atoms with van der Waals surface area (Å²) in [5.41, 5.74) is 1.44. The second-order valence-corrected chi connectivity index (χ2v) is 7.34. The fourth-order valence-electron chi connectivity index (χ4n) is 2.10. The second-order valence-electron chi connectivity index (χ2n) is 4.73. The van der Waals surface area contributed by atoms with Crippen LogP contribution in [-0.2, 0) is 15.9 Å². The van der Waals surface area contributed by atoms with Gasteiger partial charge >= 0.3 is 0 Å². The Hall–Kier alpha value is -0.290. The number of halogens is 2. The summed E-state index contributed by atoms with van der Waals surface area (Å²) in [6.45, 7) is 6.73. The molecular weight excluding hydrogens is 317 g/mol. The third-order valence-corrected chi connectivity index (χ3v) is 5.67. The molecule has 0 aliphatic heterocycles. The monoisotopic (exact) mass is 337 g/mol. The quantitative estimate of drug-likeness (QED) is 0.699. The molecule has 6 heteroatoms. The van der Waals surface area contributed by atoms with Crippen molar-refractivity contribution in [1.29, 1.82) is 0 Å². The maximum atomic E-state index is 12.8. The lowest BCUT2D eigenvalue weighted by Gasteiger charge is -2.23. The highest BCUT2D eigenvalue weighted by Crippen LogP contribution is 2.28. The molecule has 0 N–H and O–H groups in total. The van der Waals surface area contributed by atoms with E-state index >= 15 is 0 Å². The van der Waals surface area contributed by atoms with Crippen molar-refractivity contribution in [3.63, 3.8) is 0 Å². The summed E-state index contributed by atoms with van der Waals surface area (Å²) in [4.78, 5) is 0.266. The largest absolute Gasteiger partial charge is 0.243 e. The molecule has 0 amide bonds. The van der Waals surface area contributed by atoms with Crippen LogP contribution in [0.25, 0.3) is 0 Å². The van der Waals surface area contributed by atoms with Gasteiger partial charge in [-0.1, -0.05) is 25.4 Å². The van der Waals surface area contributed by atoms with Gasteiger partial charge in [0.25, 0.3) is 0 Å². The van der Waals surface area contributed by atoms with E-state index in [1.54, 1.807) is 13.0 Å². The van der Waals surface area contributed by atoms with E-state index in [9.17, 15) is 8.42 Å². The highest BCUT2D eigenvalue weighted by molar-refractivity contribution is 7.89. The first-order valence-corrected chi connectivity index (χ1v) is 9.08. The Morgan fingerprint density at radius 1 is 1.15 bits per heavy atom. The third kappa shape index (κ3) is 3.88. The first kappa shape index (κ1) is 17.8. The predicted molar refractivity (Wildman–Crippen MR) is 85.1 cm³/mol. The molecule has 0 heterocycles. The zero-order valence-electron chi connectivity index (χ0n) is 12.1. The van der Waals surface area contributed by atoms with E-state index in [1.165, 1.54) is 10.4 Å². The Labute approximate surface area is 131 Å². The van der Waals surface area contributed by atoms with Crippen molar-refractivity contribution in [3.05, 3.63) is 28.3 Å². The Balaban J connectivity index is 3.36. The molecule has 0 spiro atoms.